The summed E-state index contributed by atoms with van der Waals surface area (Å²) in [6.45, 7) is 1.94. The largest absolute Gasteiger partial charge is 0.338 e. The molecule has 0 radical (unpaired) electrons. The molecule has 0 saturated heterocycles. The molecule has 2 nitrogen and oxygen atoms in total. The molecule has 0 atom stereocenters. The molecule has 0 unspecified atom stereocenters. The van der Waals surface area contributed by atoms with Crippen molar-refractivity contribution < 1.29 is 4.39 Å². The average molecular weight is 316 g/mol. The van der Waals surface area contributed by atoms with Crippen LogP contribution in [0.3, 0.4) is 0 Å². The van der Waals surface area contributed by atoms with Crippen molar-refractivity contribution in [1.29, 1.82) is 0 Å². The van der Waals surface area contributed by atoms with Gasteiger partial charge in [0.1, 0.15) is 11.6 Å². The molecule has 0 aliphatic rings. The van der Waals surface area contributed by atoms with Crippen LogP contribution in [0.4, 0.5) is 15.9 Å². The molecule has 0 amide bonds. The van der Waals surface area contributed by atoms with Gasteiger partial charge in [-0.3, -0.25) is 0 Å². The predicted molar refractivity (Wildman–Crippen MR) is 71.4 cm³/mol. The van der Waals surface area contributed by atoms with Crippen molar-refractivity contribution in [2.75, 3.05) is 5.32 Å². The lowest BCUT2D eigenvalue weighted by molar-refractivity contribution is 0.628. The Bertz CT molecular complexity index is 560. The van der Waals surface area contributed by atoms with Crippen molar-refractivity contribution in [3.05, 3.63) is 51.3 Å². The van der Waals surface area contributed by atoms with E-state index < -0.39 is 0 Å². The highest BCUT2D eigenvalue weighted by atomic mass is 79.9. The molecule has 5 heteroatoms. The summed E-state index contributed by atoms with van der Waals surface area (Å²) in [7, 11) is 0. The van der Waals surface area contributed by atoms with E-state index in [1.165, 1.54) is 18.2 Å². The first-order valence-corrected chi connectivity index (χ1v) is 6.07. The van der Waals surface area contributed by atoms with Gasteiger partial charge in [-0.1, -0.05) is 11.6 Å². The van der Waals surface area contributed by atoms with Crippen LogP contribution in [-0.4, -0.2) is 4.98 Å². The van der Waals surface area contributed by atoms with Crippen molar-refractivity contribution >= 4 is 39.0 Å². The van der Waals surface area contributed by atoms with Crippen molar-refractivity contribution in [1.82, 2.24) is 4.98 Å². The fraction of sp³-hybridized carbons (Fsp3) is 0.0833. The van der Waals surface area contributed by atoms with Crippen molar-refractivity contribution in [2.45, 2.75) is 6.92 Å². The molecular weight excluding hydrogens is 307 g/mol. The molecule has 0 aliphatic heterocycles. The lowest BCUT2D eigenvalue weighted by Gasteiger charge is -2.09. The fourth-order valence-electron chi connectivity index (χ4n) is 1.35. The number of hydrogen-bond acceptors (Lipinski definition) is 2. The van der Waals surface area contributed by atoms with Gasteiger partial charge < -0.3 is 5.32 Å². The van der Waals surface area contributed by atoms with E-state index in [2.05, 4.69) is 26.2 Å². The Kier molecular flexibility index (Phi) is 3.64. The monoisotopic (exact) mass is 314 g/mol. The number of nitrogens with one attached hydrogen (secondary N) is 1. The third-order valence-corrected chi connectivity index (χ3v) is 3.09. The van der Waals surface area contributed by atoms with Gasteiger partial charge in [0, 0.05) is 6.20 Å². The van der Waals surface area contributed by atoms with Gasteiger partial charge in [-0.05, 0) is 52.7 Å². The van der Waals surface area contributed by atoms with Crippen molar-refractivity contribution in [2.24, 2.45) is 0 Å². The highest BCUT2D eigenvalue weighted by Gasteiger charge is 2.06. The van der Waals surface area contributed by atoms with Crippen LogP contribution in [0.25, 0.3) is 0 Å². The van der Waals surface area contributed by atoms with E-state index in [1.54, 1.807) is 6.20 Å². The Balaban J connectivity index is 2.34. The molecule has 1 aromatic carbocycles. The quantitative estimate of drug-likeness (QED) is 0.869. The Labute approximate surface area is 112 Å². The molecular formula is C12H9BrClFN2. The third-order valence-electron chi connectivity index (χ3n) is 2.16. The number of nitrogens with zero attached hydrogens (tertiary/aromatic N) is 1. The molecule has 1 N–H and O–H groups in total. The number of pyridine rings is 1. The van der Waals surface area contributed by atoms with Crippen molar-refractivity contribution in [3.8, 4) is 0 Å². The number of rotatable bonds is 2. The Morgan fingerprint density at radius 2 is 2.12 bits per heavy atom. The van der Waals surface area contributed by atoms with Gasteiger partial charge in [0.25, 0.3) is 0 Å². The standard InChI is InChI=1S/C12H9BrClFN2/c1-7-4-9(13)12(16-6-7)17-11-5-8(15)2-3-10(11)14/h2-6H,1H3,(H,16,17). The normalized spacial score (nSPS) is 10.4. The first-order valence-electron chi connectivity index (χ1n) is 4.90. The van der Waals surface area contributed by atoms with Gasteiger partial charge in [-0.15, -0.1) is 0 Å². The third kappa shape index (κ3) is 2.96. The van der Waals surface area contributed by atoms with E-state index in [0.717, 1.165) is 10.0 Å². The summed E-state index contributed by atoms with van der Waals surface area (Å²) in [5, 5.41) is 3.42. The minimum atomic E-state index is -0.347. The van der Waals surface area contributed by atoms with Crippen LogP contribution >= 0.6 is 27.5 Å². The van der Waals surface area contributed by atoms with Gasteiger partial charge in [-0.2, -0.15) is 0 Å². The average Bonchev–Trinajstić information content (AvgIpc) is 2.27. The highest BCUT2D eigenvalue weighted by molar-refractivity contribution is 9.10. The molecule has 0 bridgehead atoms. The Morgan fingerprint density at radius 3 is 2.82 bits per heavy atom. The SMILES string of the molecule is Cc1cnc(Nc2cc(F)ccc2Cl)c(Br)c1. The van der Waals surface area contributed by atoms with Gasteiger partial charge in [0.15, 0.2) is 0 Å². The second-order valence-corrected chi connectivity index (χ2v) is 4.85. The van der Waals surface area contributed by atoms with Crippen LogP contribution < -0.4 is 5.32 Å². The first-order chi connectivity index (χ1) is 8.06. The lowest BCUT2D eigenvalue weighted by Crippen LogP contribution is -1.96. The number of halogens is 3. The Hall–Kier alpha value is -1.13. The van der Waals surface area contributed by atoms with Gasteiger partial charge in [0.05, 0.1) is 15.2 Å². The number of aryl methyl sites for hydroxylation is 1. The summed E-state index contributed by atoms with van der Waals surface area (Å²) in [6, 6.07) is 6.06. The molecule has 0 aliphatic carbocycles. The lowest BCUT2D eigenvalue weighted by atomic mass is 10.3. The molecule has 1 heterocycles. The molecule has 0 spiro atoms. The second-order valence-electron chi connectivity index (χ2n) is 3.59. The van der Waals surface area contributed by atoms with E-state index in [9.17, 15) is 4.39 Å². The number of benzene rings is 1. The summed E-state index contributed by atoms with van der Waals surface area (Å²) < 4.78 is 13.9. The fourth-order valence-corrected chi connectivity index (χ4v) is 2.07. The van der Waals surface area contributed by atoms with E-state index >= 15 is 0 Å². The minimum Gasteiger partial charge on any atom is -0.338 e. The summed E-state index contributed by atoms with van der Waals surface area (Å²) in [5.41, 5.74) is 1.52. The van der Waals surface area contributed by atoms with Gasteiger partial charge >= 0.3 is 0 Å². The maximum atomic E-state index is 13.1. The summed E-state index contributed by atoms with van der Waals surface area (Å²) in [5.74, 6) is 0.253. The van der Waals surface area contributed by atoms with E-state index in [0.29, 0.717) is 16.5 Å². The number of aromatic nitrogens is 1. The first kappa shape index (κ1) is 12.3. The van der Waals surface area contributed by atoms with Gasteiger partial charge in [0.2, 0.25) is 0 Å². The number of anilines is 2. The van der Waals surface area contributed by atoms with Crippen LogP contribution in [0.2, 0.25) is 5.02 Å². The smallest absolute Gasteiger partial charge is 0.144 e. The molecule has 0 fully saturated rings. The molecule has 88 valence electrons. The summed E-state index contributed by atoms with van der Waals surface area (Å²) in [6.07, 6.45) is 1.72. The van der Waals surface area contributed by atoms with E-state index in [1.807, 2.05) is 13.0 Å². The summed E-state index contributed by atoms with van der Waals surface area (Å²) >= 11 is 9.34. The maximum absolute atomic E-state index is 13.1. The Morgan fingerprint density at radius 1 is 1.35 bits per heavy atom. The second kappa shape index (κ2) is 5.02. The minimum absolute atomic E-state index is 0.347. The topological polar surface area (TPSA) is 24.9 Å². The van der Waals surface area contributed by atoms with Crippen LogP contribution in [0, 0.1) is 12.7 Å². The molecule has 2 aromatic rings. The predicted octanol–water partition coefficient (Wildman–Crippen LogP) is 4.69. The van der Waals surface area contributed by atoms with Crippen LogP contribution in [0.5, 0.6) is 0 Å². The zero-order valence-electron chi connectivity index (χ0n) is 8.97. The maximum Gasteiger partial charge on any atom is 0.144 e. The molecule has 2 rings (SSSR count). The van der Waals surface area contributed by atoms with Crippen LogP contribution in [0.15, 0.2) is 34.9 Å². The summed E-state index contributed by atoms with van der Waals surface area (Å²) in [4.78, 5) is 4.20. The zero-order chi connectivity index (χ0) is 12.4. The van der Waals surface area contributed by atoms with Crippen LogP contribution in [-0.2, 0) is 0 Å². The van der Waals surface area contributed by atoms with Crippen LogP contribution in [0.1, 0.15) is 5.56 Å². The zero-order valence-corrected chi connectivity index (χ0v) is 11.3. The van der Waals surface area contributed by atoms with E-state index in [4.69, 9.17) is 11.6 Å². The van der Waals surface area contributed by atoms with Crippen molar-refractivity contribution in [3.63, 3.8) is 0 Å². The van der Waals surface area contributed by atoms with Gasteiger partial charge in [-0.25, -0.2) is 9.37 Å². The highest BCUT2D eigenvalue weighted by Crippen LogP contribution is 2.29. The molecule has 0 saturated carbocycles. The molecule has 17 heavy (non-hydrogen) atoms. The molecule has 1 aromatic heterocycles. The van der Waals surface area contributed by atoms with E-state index in [-0.39, 0.29) is 5.82 Å². The number of hydrogen-bond donors (Lipinski definition) is 1.